The molecule has 1 atom stereocenters. The third kappa shape index (κ3) is 2.85. The highest BCUT2D eigenvalue weighted by Gasteiger charge is 2.31. The summed E-state index contributed by atoms with van der Waals surface area (Å²) in [5.41, 5.74) is 5.35. The van der Waals surface area contributed by atoms with Crippen LogP contribution in [0.1, 0.15) is 22.8 Å². The first-order valence-electron chi connectivity index (χ1n) is 5.44. The van der Waals surface area contributed by atoms with Crippen molar-refractivity contribution in [3.63, 3.8) is 0 Å². The minimum absolute atomic E-state index is 0.0287. The van der Waals surface area contributed by atoms with Gasteiger partial charge >= 0.3 is 6.18 Å². The number of nitrogens with two attached hydrogens (primary N) is 1. The van der Waals surface area contributed by atoms with Crippen molar-refractivity contribution in [3.05, 3.63) is 59.4 Å². The van der Waals surface area contributed by atoms with Crippen molar-refractivity contribution in [3.8, 4) is 0 Å². The van der Waals surface area contributed by atoms with Gasteiger partial charge in [-0.1, -0.05) is 0 Å². The maximum absolute atomic E-state index is 12.6. The second-order valence-electron chi connectivity index (χ2n) is 4.02. The molecule has 1 heterocycles. The van der Waals surface area contributed by atoms with Gasteiger partial charge in [0.1, 0.15) is 6.10 Å². The lowest BCUT2D eigenvalue weighted by Crippen LogP contribution is -2.09. The number of hydrogen-bond donors (Lipinski definition) is 2. The summed E-state index contributed by atoms with van der Waals surface area (Å²) in [6, 6.07) is 5.93. The molecule has 0 aliphatic heterocycles. The Hall–Kier alpha value is -2.08. The molecule has 0 fully saturated rings. The first-order valence-corrected chi connectivity index (χ1v) is 5.44. The predicted octanol–water partition coefficient (Wildman–Crippen LogP) is 2.76. The summed E-state index contributed by atoms with van der Waals surface area (Å²) in [6.45, 7) is 0. The highest BCUT2D eigenvalue weighted by molar-refractivity contribution is 5.52. The van der Waals surface area contributed by atoms with Crippen LogP contribution in [0.3, 0.4) is 0 Å². The fourth-order valence-electron chi connectivity index (χ4n) is 1.71. The van der Waals surface area contributed by atoms with E-state index in [1.54, 1.807) is 0 Å². The average molecular weight is 268 g/mol. The van der Waals surface area contributed by atoms with E-state index in [0.29, 0.717) is 5.56 Å². The van der Waals surface area contributed by atoms with Crippen LogP contribution in [0.2, 0.25) is 0 Å². The third-order valence-corrected chi connectivity index (χ3v) is 2.73. The summed E-state index contributed by atoms with van der Waals surface area (Å²) >= 11 is 0. The number of pyridine rings is 1. The van der Waals surface area contributed by atoms with Crippen molar-refractivity contribution in [2.24, 2.45) is 0 Å². The molecule has 0 radical (unpaired) electrons. The van der Waals surface area contributed by atoms with Crippen molar-refractivity contribution in [2.75, 3.05) is 5.73 Å². The SMILES string of the molecule is Nc1ccc(C(F)(F)F)cc1C(O)c1ccncc1. The monoisotopic (exact) mass is 268 g/mol. The second-order valence-corrected chi connectivity index (χ2v) is 4.02. The van der Waals surface area contributed by atoms with E-state index in [1.165, 1.54) is 24.5 Å². The van der Waals surface area contributed by atoms with E-state index in [9.17, 15) is 18.3 Å². The van der Waals surface area contributed by atoms with Gasteiger partial charge in [-0.3, -0.25) is 4.98 Å². The summed E-state index contributed by atoms with van der Waals surface area (Å²) in [5, 5.41) is 10.1. The Morgan fingerprint density at radius 3 is 2.32 bits per heavy atom. The van der Waals surface area contributed by atoms with Gasteiger partial charge in [0.2, 0.25) is 0 Å². The van der Waals surface area contributed by atoms with Gasteiger partial charge in [0, 0.05) is 23.6 Å². The Labute approximate surface area is 107 Å². The molecule has 3 N–H and O–H groups in total. The van der Waals surface area contributed by atoms with E-state index in [1.807, 2.05) is 0 Å². The number of rotatable bonds is 2. The van der Waals surface area contributed by atoms with Gasteiger partial charge in [-0.2, -0.15) is 13.2 Å². The van der Waals surface area contributed by atoms with Gasteiger partial charge < -0.3 is 10.8 Å². The number of halogens is 3. The van der Waals surface area contributed by atoms with Crippen LogP contribution < -0.4 is 5.73 Å². The van der Waals surface area contributed by atoms with Gasteiger partial charge in [-0.05, 0) is 35.9 Å². The van der Waals surface area contributed by atoms with Crippen molar-refractivity contribution < 1.29 is 18.3 Å². The van der Waals surface area contributed by atoms with Gasteiger partial charge in [-0.25, -0.2) is 0 Å². The number of nitrogen functional groups attached to an aromatic ring is 1. The average Bonchev–Trinajstić information content (AvgIpc) is 2.38. The highest BCUT2D eigenvalue weighted by Crippen LogP contribution is 2.34. The number of aliphatic hydroxyl groups is 1. The zero-order valence-electron chi connectivity index (χ0n) is 9.72. The molecule has 1 aromatic heterocycles. The van der Waals surface area contributed by atoms with Crippen LogP contribution in [-0.4, -0.2) is 10.1 Å². The lowest BCUT2D eigenvalue weighted by atomic mass is 9.98. The van der Waals surface area contributed by atoms with Gasteiger partial charge in [0.25, 0.3) is 0 Å². The zero-order chi connectivity index (χ0) is 14.0. The number of alkyl halides is 3. The molecule has 2 rings (SSSR count). The molecule has 19 heavy (non-hydrogen) atoms. The molecule has 0 saturated heterocycles. The third-order valence-electron chi connectivity index (χ3n) is 2.73. The molecule has 6 heteroatoms. The molecule has 1 aromatic carbocycles. The van der Waals surface area contributed by atoms with Gasteiger partial charge in [0.05, 0.1) is 5.56 Å². The van der Waals surface area contributed by atoms with Crippen molar-refractivity contribution >= 4 is 5.69 Å². The molecule has 0 aliphatic rings. The van der Waals surface area contributed by atoms with Crippen molar-refractivity contribution in [1.29, 1.82) is 0 Å². The number of nitrogens with zero attached hydrogens (tertiary/aromatic N) is 1. The number of hydrogen-bond acceptors (Lipinski definition) is 3. The summed E-state index contributed by atoms with van der Waals surface area (Å²) in [6.07, 6.45) is -2.80. The minimum Gasteiger partial charge on any atom is -0.398 e. The van der Waals surface area contributed by atoms with E-state index in [2.05, 4.69) is 4.98 Å². The highest BCUT2D eigenvalue weighted by atomic mass is 19.4. The van der Waals surface area contributed by atoms with E-state index in [0.717, 1.165) is 18.2 Å². The molecule has 0 spiro atoms. The fourth-order valence-corrected chi connectivity index (χ4v) is 1.71. The maximum atomic E-state index is 12.6. The first-order chi connectivity index (χ1) is 8.89. The maximum Gasteiger partial charge on any atom is 0.416 e. The molecule has 0 amide bonds. The Kier molecular flexibility index (Phi) is 3.44. The van der Waals surface area contributed by atoms with Crippen LogP contribution in [-0.2, 0) is 6.18 Å². The van der Waals surface area contributed by atoms with E-state index >= 15 is 0 Å². The molecule has 0 bridgehead atoms. The Morgan fingerprint density at radius 1 is 1.11 bits per heavy atom. The molecule has 1 unspecified atom stereocenters. The van der Waals surface area contributed by atoms with E-state index in [4.69, 9.17) is 5.73 Å². The standard InChI is InChI=1S/C13H11F3N2O/c14-13(15,16)9-1-2-11(17)10(7-9)12(19)8-3-5-18-6-4-8/h1-7,12,19H,17H2. The molecule has 0 aliphatic carbocycles. The molecular weight excluding hydrogens is 257 g/mol. The fraction of sp³-hybridized carbons (Fsp3) is 0.154. The normalized spacial score (nSPS) is 13.3. The van der Waals surface area contributed by atoms with Crippen LogP contribution >= 0.6 is 0 Å². The lowest BCUT2D eigenvalue weighted by Gasteiger charge is -2.16. The number of aromatic nitrogens is 1. The minimum atomic E-state index is -4.47. The van der Waals surface area contributed by atoms with Crippen molar-refractivity contribution in [2.45, 2.75) is 12.3 Å². The number of aliphatic hydroxyl groups excluding tert-OH is 1. The number of benzene rings is 1. The molecular formula is C13H11F3N2O. The van der Waals surface area contributed by atoms with Crippen LogP contribution in [0.15, 0.2) is 42.7 Å². The summed E-state index contributed by atoms with van der Waals surface area (Å²) < 4.78 is 37.9. The quantitative estimate of drug-likeness (QED) is 0.823. The Balaban J connectivity index is 2.45. The Morgan fingerprint density at radius 2 is 1.74 bits per heavy atom. The molecule has 2 aromatic rings. The smallest absolute Gasteiger partial charge is 0.398 e. The van der Waals surface area contributed by atoms with E-state index in [-0.39, 0.29) is 11.3 Å². The Bertz CT molecular complexity index is 570. The van der Waals surface area contributed by atoms with Gasteiger partial charge in [-0.15, -0.1) is 0 Å². The summed E-state index contributed by atoms with van der Waals surface area (Å²) in [4.78, 5) is 3.78. The van der Waals surface area contributed by atoms with Crippen LogP contribution in [0, 0.1) is 0 Å². The predicted molar refractivity (Wildman–Crippen MR) is 64.2 cm³/mol. The van der Waals surface area contributed by atoms with Crippen LogP contribution in [0.5, 0.6) is 0 Å². The lowest BCUT2D eigenvalue weighted by molar-refractivity contribution is -0.137. The van der Waals surface area contributed by atoms with E-state index < -0.39 is 17.8 Å². The first kappa shape index (κ1) is 13.4. The van der Waals surface area contributed by atoms with Crippen molar-refractivity contribution in [1.82, 2.24) is 4.98 Å². The zero-order valence-corrected chi connectivity index (χ0v) is 9.72. The topological polar surface area (TPSA) is 59.1 Å². The molecule has 100 valence electrons. The molecule has 3 nitrogen and oxygen atoms in total. The van der Waals surface area contributed by atoms with Gasteiger partial charge in [0.15, 0.2) is 0 Å². The molecule has 0 saturated carbocycles. The summed E-state index contributed by atoms with van der Waals surface area (Å²) in [5.74, 6) is 0. The number of anilines is 1. The summed E-state index contributed by atoms with van der Waals surface area (Å²) in [7, 11) is 0. The van der Waals surface area contributed by atoms with Crippen LogP contribution in [0.25, 0.3) is 0 Å². The largest absolute Gasteiger partial charge is 0.416 e. The second kappa shape index (κ2) is 4.89. The van der Waals surface area contributed by atoms with Crippen LogP contribution in [0.4, 0.5) is 18.9 Å².